The fourth-order valence-electron chi connectivity index (χ4n) is 0.703. The molecule has 1 unspecified atom stereocenters. The molecular formula is C7H15NO3. The Hall–Kier alpha value is -0.770. The average Bonchev–Trinajstić information content (AvgIpc) is 1.82. The molecule has 11 heavy (non-hydrogen) atoms. The van der Waals surface area contributed by atoms with Crippen molar-refractivity contribution in [3.05, 3.63) is 0 Å². The van der Waals surface area contributed by atoms with Crippen LogP contribution in [0.4, 0.5) is 4.79 Å². The van der Waals surface area contributed by atoms with Crippen LogP contribution < -0.4 is 5.73 Å². The van der Waals surface area contributed by atoms with Gasteiger partial charge >= 0.3 is 6.09 Å². The lowest BCUT2D eigenvalue weighted by atomic mass is 10.4. The van der Waals surface area contributed by atoms with Gasteiger partial charge in [0.2, 0.25) is 0 Å². The Labute approximate surface area is 66.7 Å². The molecule has 1 amide bonds. The highest BCUT2D eigenvalue weighted by molar-refractivity contribution is 5.64. The van der Waals surface area contributed by atoms with Crippen LogP contribution in [0.1, 0.15) is 20.8 Å². The Morgan fingerprint density at radius 1 is 1.45 bits per heavy atom. The minimum absolute atomic E-state index is 0.0949. The number of amides is 1. The minimum Gasteiger partial charge on any atom is -0.447 e. The summed E-state index contributed by atoms with van der Waals surface area (Å²) in [5.74, 6) is 0. The number of rotatable bonds is 4. The molecule has 0 saturated carbocycles. The van der Waals surface area contributed by atoms with Crippen LogP contribution in [0.2, 0.25) is 0 Å². The second-order valence-electron chi connectivity index (χ2n) is 2.63. The van der Waals surface area contributed by atoms with Crippen molar-refractivity contribution in [3.63, 3.8) is 0 Å². The molecular weight excluding hydrogens is 146 g/mol. The highest BCUT2D eigenvalue weighted by Gasteiger charge is 2.05. The molecule has 0 aromatic heterocycles. The van der Waals surface area contributed by atoms with Crippen molar-refractivity contribution in [1.82, 2.24) is 0 Å². The number of primary amides is 1. The van der Waals surface area contributed by atoms with Crippen LogP contribution in [-0.4, -0.2) is 24.9 Å². The number of hydrogen-bond donors (Lipinski definition) is 1. The molecule has 0 aliphatic heterocycles. The van der Waals surface area contributed by atoms with Gasteiger partial charge in [-0.15, -0.1) is 0 Å². The molecule has 0 spiro atoms. The molecule has 0 aromatic rings. The van der Waals surface area contributed by atoms with E-state index in [4.69, 9.17) is 10.5 Å². The summed E-state index contributed by atoms with van der Waals surface area (Å²) in [5.41, 5.74) is 4.75. The maximum absolute atomic E-state index is 10.1. The van der Waals surface area contributed by atoms with Gasteiger partial charge in [0.15, 0.2) is 0 Å². The lowest BCUT2D eigenvalue weighted by molar-refractivity contribution is -0.0159. The first-order chi connectivity index (χ1) is 5.02. The highest BCUT2D eigenvalue weighted by atomic mass is 16.6. The topological polar surface area (TPSA) is 61.6 Å². The molecule has 4 heteroatoms. The van der Waals surface area contributed by atoms with Crippen molar-refractivity contribution < 1.29 is 14.3 Å². The minimum atomic E-state index is -0.760. The Kier molecular flexibility index (Phi) is 4.61. The molecule has 0 radical (unpaired) electrons. The van der Waals surface area contributed by atoms with Crippen LogP contribution in [0.25, 0.3) is 0 Å². The predicted octanol–water partition coefficient (Wildman–Crippen LogP) is 0.895. The summed E-state index contributed by atoms with van der Waals surface area (Å²) in [7, 11) is 0. The Bertz CT molecular complexity index is 125. The Balaban J connectivity index is 3.37. The second kappa shape index (κ2) is 4.96. The van der Waals surface area contributed by atoms with Gasteiger partial charge in [-0.2, -0.15) is 0 Å². The Morgan fingerprint density at radius 3 is 2.36 bits per heavy atom. The maximum Gasteiger partial charge on any atom is 0.404 e. The summed E-state index contributed by atoms with van der Waals surface area (Å²) in [5, 5.41) is 0. The molecule has 0 aliphatic carbocycles. The van der Waals surface area contributed by atoms with E-state index in [9.17, 15) is 4.79 Å². The number of ether oxygens (including phenoxy) is 2. The second-order valence-corrected chi connectivity index (χ2v) is 2.63. The monoisotopic (exact) mass is 161 g/mol. The fraction of sp³-hybridized carbons (Fsp3) is 0.857. The first-order valence-corrected chi connectivity index (χ1v) is 3.60. The van der Waals surface area contributed by atoms with Gasteiger partial charge < -0.3 is 15.2 Å². The van der Waals surface area contributed by atoms with Gasteiger partial charge in [0, 0.05) is 0 Å². The molecule has 4 nitrogen and oxygen atoms in total. The van der Waals surface area contributed by atoms with Crippen LogP contribution in [0.5, 0.6) is 0 Å². The number of hydrogen-bond acceptors (Lipinski definition) is 3. The third kappa shape index (κ3) is 7.12. The first kappa shape index (κ1) is 10.2. The summed E-state index contributed by atoms with van der Waals surface area (Å²) in [6.07, 6.45) is -0.715. The summed E-state index contributed by atoms with van der Waals surface area (Å²) >= 11 is 0. The molecule has 1 atom stereocenters. The van der Waals surface area contributed by atoms with Crippen molar-refractivity contribution >= 4 is 6.09 Å². The van der Waals surface area contributed by atoms with Gasteiger partial charge in [-0.25, -0.2) is 4.79 Å². The van der Waals surface area contributed by atoms with E-state index in [1.807, 2.05) is 20.8 Å². The molecule has 0 fully saturated rings. The molecule has 0 saturated heterocycles. The van der Waals surface area contributed by atoms with Crippen molar-refractivity contribution in [2.45, 2.75) is 33.0 Å². The largest absolute Gasteiger partial charge is 0.447 e. The molecule has 66 valence electrons. The van der Waals surface area contributed by atoms with E-state index in [2.05, 4.69) is 4.74 Å². The van der Waals surface area contributed by atoms with E-state index in [1.54, 1.807) is 0 Å². The zero-order valence-corrected chi connectivity index (χ0v) is 7.16. The highest BCUT2D eigenvalue weighted by Crippen LogP contribution is 1.96. The zero-order chi connectivity index (χ0) is 8.85. The van der Waals surface area contributed by atoms with E-state index in [0.717, 1.165) is 0 Å². The number of carbonyl (C=O) groups is 1. The van der Waals surface area contributed by atoms with Crippen LogP contribution in [0, 0.1) is 0 Å². The molecule has 0 rings (SSSR count). The molecule has 0 aromatic carbocycles. The molecule has 0 aliphatic rings. The summed E-state index contributed by atoms with van der Waals surface area (Å²) in [6.45, 7) is 5.87. The van der Waals surface area contributed by atoms with E-state index < -0.39 is 6.09 Å². The normalized spacial score (nSPS) is 13.1. The van der Waals surface area contributed by atoms with Gasteiger partial charge in [0.25, 0.3) is 0 Å². The van der Waals surface area contributed by atoms with Gasteiger partial charge in [-0.3, -0.25) is 0 Å². The molecule has 2 N–H and O–H groups in total. The number of nitrogens with two attached hydrogens (primary N) is 1. The summed E-state index contributed by atoms with van der Waals surface area (Å²) in [4.78, 5) is 10.1. The van der Waals surface area contributed by atoms with Crippen molar-refractivity contribution in [1.29, 1.82) is 0 Å². The van der Waals surface area contributed by atoms with E-state index in [-0.39, 0.29) is 18.8 Å². The molecule has 0 bridgehead atoms. The number of carbonyl (C=O) groups excluding carboxylic acids is 1. The van der Waals surface area contributed by atoms with Gasteiger partial charge in [0.05, 0.1) is 12.2 Å². The lowest BCUT2D eigenvalue weighted by Gasteiger charge is -2.14. The third-order valence-corrected chi connectivity index (χ3v) is 0.965. The van der Waals surface area contributed by atoms with Crippen LogP contribution >= 0.6 is 0 Å². The van der Waals surface area contributed by atoms with Gasteiger partial charge in [-0.05, 0) is 20.8 Å². The maximum atomic E-state index is 10.1. The van der Waals surface area contributed by atoms with Crippen molar-refractivity contribution in [3.8, 4) is 0 Å². The van der Waals surface area contributed by atoms with Crippen LogP contribution in [0.3, 0.4) is 0 Å². The first-order valence-electron chi connectivity index (χ1n) is 3.60. The smallest absolute Gasteiger partial charge is 0.404 e. The van der Waals surface area contributed by atoms with E-state index >= 15 is 0 Å². The lowest BCUT2D eigenvalue weighted by Crippen LogP contribution is -2.24. The van der Waals surface area contributed by atoms with Crippen molar-refractivity contribution in [2.75, 3.05) is 6.61 Å². The van der Waals surface area contributed by atoms with Crippen LogP contribution in [0.15, 0.2) is 0 Å². The zero-order valence-electron chi connectivity index (χ0n) is 7.16. The summed E-state index contributed by atoms with van der Waals surface area (Å²) in [6, 6.07) is 0. The van der Waals surface area contributed by atoms with Gasteiger partial charge in [0.1, 0.15) is 6.61 Å². The van der Waals surface area contributed by atoms with E-state index in [1.165, 1.54) is 0 Å². The third-order valence-electron chi connectivity index (χ3n) is 0.965. The SMILES string of the molecule is CC(C)OC(C)COC(N)=O. The van der Waals surface area contributed by atoms with Crippen LogP contribution in [-0.2, 0) is 9.47 Å². The predicted molar refractivity (Wildman–Crippen MR) is 41.2 cm³/mol. The Morgan fingerprint density at radius 2 is 2.00 bits per heavy atom. The van der Waals surface area contributed by atoms with E-state index in [0.29, 0.717) is 0 Å². The average molecular weight is 161 g/mol. The standard InChI is InChI=1S/C7H15NO3/c1-5(2)11-6(3)4-10-7(8)9/h5-6H,4H2,1-3H3,(H2,8,9). The quantitative estimate of drug-likeness (QED) is 0.666. The summed E-state index contributed by atoms with van der Waals surface area (Å²) < 4.78 is 9.79. The van der Waals surface area contributed by atoms with Gasteiger partial charge in [-0.1, -0.05) is 0 Å². The van der Waals surface area contributed by atoms with Crippen molar-refractivity contribution in [2.24, 2.45) is 5.73 Å². The fourth-order valence-corrected chi connectivity index (χ4v) is 0.703. The molecule has 0 heterocycles.